The molecule has 0 radical (unpaired) electrons. The summed E-state index contributed by atoms with van der Waals surface area (Å²) in [5.41, 5.74) is 1.08. The lowest BCUT2D eigenvalue weighted by Crippen LogP contribution is -2.35. The lowest BCUT2D eigenvalue weighted by Gasteiger charge is -2.19. The second-order valence-electron chi connectivity index (χ2n) is 3.84. The van der Waals surface area contributed by atoms with Crippen LogP contribution >= 0.6 is 0 Å². The zero-order chi connectivity index (χ0) is 13.1. The van der Waals surface area contributed by atoms with Gasteiger partial charge >= 0.3 is 0 Å². The molecule has 0 saturated carbocycles. The monoisotopic (exact) mass is 251 g/mol. The summed E-state index contributed by atoms with van der Waals surface area (Å²) in [5.74, 6) is -0.103. The molecule has 0 aliphatic carbocycles. The first-order valence-electron chi connectivity index (χ1n) is 5.38. The Morgan fingerprint density at radius 2 is 1.67 bits per heavy atom. The van der Waals surface area contributed by atoms with Crippen molar-refractivity contribution in [3.8, 4) is 0 Å². The molecule has 1 aromatic carbocycles. The maximum atomic E-state index is 9.76. The third-order valence-corrected chi connectivity index (χ3v) is 2.55. The summed E-state index contributed by atoms with van der Waals surface area (Å²) in [4.78, 5) is 4.04. The summed E-state index contributed by atoms with van der Waals surface area (Å²) >= 11 is 0. The highest BCUT2D eigenvalue weighted by atomic mass is 16.4. The molecule has 2 aromatic rings. The van der Waals surface area contributed by atoms with Crippen molar-refractivity contribution in [2.24, 2.45) is 0 Å². The van der Waals surface area contributed by atoms with Gasteiger partial charge in [-0.1, -0.05) is 12.1 Å². The second-order valence-corrected chi connectivity index (χ2v) is 3.84. The van der Waals surface area contributed by atoms with Crippen molar-refractivity contribution in [3.05, 3.63) is 30.1 Å². The van der Waals surface area contributed by atoms with Crippen LogP contribution in [0.3, 0.4) is 0 Å². The van der Waals surface area contributed by atoms with Crippen LogP contribution in [0, 0.1) is 0 Å². The molecule has 18 heavy (non-hydrogen) atoms. The van der Waals surface area contributed by atoms with E-state index in [9.17, 15) is 15.3 Å². The number of rotatable bonds is 4. The van der Waals surface area contributed by atoms with Crippen molar-refractivity contribution in [2.45, 2.75) is 18.3 Å². The van der Waals surface area contributed by atoms with E-state index in [4.69, 9.17) is 5.11 Å². The summed E-state index contributed by atoms with van der Waals surface area (Å²) in [5, 5.41) is 44.8. The molecule has 7 nitrogen and oxygen atoms in total. The highest BCUT2D eigenvalue weighted by Gasteiger charge is 2.28. The summed E-state index contributed by atoms with van der Waals surface area (Å²) < 4.78 is 0. The molecule has 0 aliphatic heterocycles. The summed E-state index contributed by atoms with van der Waals surface area (Å²) in [6.07, 6.45) is -4.54. The van der Waals surface area contributed by atoms with Gasteiger partial charge in [-0.2, -0.15) is 0 Å². The minimum atomic E-state index is -1.57. The number of hydrogen-bond donors (Lipinski definition) is 4. The zero-order valence-electron chi connectivity index (χ0n) is 9.38. The molecule has 1 heterocycles. The highest BCUT2D eigenvalue weighted by molar-refractivity contribution is 5.72. The number of fused-ring (bicyclic) bond motifs is 1. The summed E-state index contributed by atoms with van der Waals surface area (Å²) in [6.45, 7) is -0.667. The molecular formula is C11H13N3O4. The third-order valence-electron chi connectivity index (χ3n) is 2.55. The first kappa shape index (κ1) is 12.8. The predicted molar refractivity (Wildman–Crippen MR) is 61.4 cm³/mol. The van der Waals surface area contributed by atoms with E-state index in [-0.39, 0.29) is 5.82 Å². The van der Waals surface area contributed by atoms with Crippen LogP contribution in [0.4, 0.5) is 0 Å². The van der Waals surface area contributed by atoms with Gasteiger partial charge in [0.25, 0.3) is 0 Å². The molecule has 0 spiro atoms. The molecule has 0 bridgehead atoms. The van der Waals surface area contributed by atoms with E-state index in [2.05, 4.69) is 15.2 Å². The van der Waals surface area contributed by atoms with Crippen LogP contribution in [0.2, 0.25) is 0 Å². The molecule has 0 unspecified atom stereocenters. The smallest absolute Gasteiger partial charge is 0.183 e. The Labute approximate surface area is 102 Å². The number of benzene rings is 1. The van der Waals surface area contributed by atoms with Crippen molar-refractivity contribution >= 4 is 11.0 Å². The highest BCUT2D eigenvalue weighted by Crippen LogP contribution is 2.16. The van der Waals surface area contributed by atoms with Gasteiger partial charge in [0.2, 0.25) is 0 Å². The Balaban J connectivity index is 2.30. The molecular weight excluding hydrogens is 238 g/mol. The Morgan fingerprint density at radius 3 is 2.33 bits per heavy atom. The van der Waals surface area contributed by atoms with Gasteiger partial charge in [-0.3, -0.25) is 0 Å². The standard InChI is InChI=1S/C11H13N3O4/c15-5-8(16)9(17)10(18)11-12-6-3-1-2-4-7(6)13-14-11/h1-4,8-10,15-18H,5H2/t8-,9-,10+/m1/s1. The minimum absolute atomic E-state index is 0.103. The van der Waals surface area contributed by atoms with Gasteiger partial charge in [0, 0.05) is 0 Å². The minimum Gasteiger partial charge on any atom is -0.394 e. The summed E-state index contributed by atoms with van der Waals surface area (Å²) in [6, 6.07) is 6.94. The van der Waals surface area contributed by atoms with Crippen LogP contribution in [0.1, 0.15) is 11.9 Å². The Bertz CT molecular complexity index is 536. The van der Waals surface area contributed by atoms with Gasteiger partial charge < -0.3 is 20.4 Å². The lowest BCUT2D eigenvalue weighted by molar-refractivity contribution is -0.0804. The number of para-hydroxylation sites is 1. The average Bonchev–Trinajstić information content (AvgIpc) is 2.44. The van der Waals surface area contributed by atoms with Gasteiger partial charge in [-0.25, -0.2) is 4.98 Å². The summed E-state index contributed by atoms with van der Waals surface area (Å²) in [7, 11) is 0. The van der Waals surface area contributed by atoms with Crippen molar-refractivity contribution < 1.29 is 20.4 Å². The molecule has 1 aromatic heterocycles. The van der Waals surface area contributed by atoms with Crippen LogP contribution in [0.15, 0.2) is 24.3 Å². The molecule has 0 amide bonds. The largest absolute Gasteiger partial charge is 0.394 e. The third kappa shape index (κ3) is 2.44. The molecule has 4 N–H and O–H groups in total. The van der Waals surface area contributed by atoms with Crippen LogP contribution in [-0.4, -0.2) is 54.4 Å². The fourth-order valence-corrected chi connectivity index (χ4v) is 1.49. The van der Waals surface area contributed by atoms with Gasteiger partial charge in [0.1, 0.15) is 23.8 Å². The SMILES string of the molecule is OC[C@@H](O)[C@@H](O)[C@H](O)c1nnc2ccccc2n1. The zero-order valence-corrected chi connectivity index (χ0v) is 9.38. The van der Waals surface area contributed by atoms with Crippen molar-refractivity contribution in [2.75, 3.05) is 6.61 Å². The fourth-order valence-electron chi connectivity index (χ4n) is 1.49. The van der Waals surface area contributed by atoms with E-state index < -0.39 is 24.9 Å². The number of aromatic nitrogens is 3. The predicted octanol–water partition coefficient (Wildman–Crippen LogP) is -1.23. The van der Waals surface area contributed by atoms with E-state index in [1.54, 1.807) is 24.3 Å². The Kier molecular flexibility index (Phi) is 3.78. The van der Waals surface area contributed by atoms with Gasteiger partial charge in [-0.15, -0.1) is 10.2 Å². The molecule has 7 heteroatoms. The maximum absolute atomic E-state index is 9.76. The topological polar surface area (TPSA) is 120 Å². The quantitative estimate of drug-likeness (QED) is 0.537. The second kappa shape index (κ2) is 5.32. The van der Waals surface area contributed by atoms with E-state index in [0.29, 0.717) is 11.0 Å². The average molecular weight is 251 g/mol. The van der Waals surface area contributed by atoms with Crippen LogP contribution < -0.4 is 0 Å². The van der Waals surface area contributed by atoms with Crippen LogP contribution in [-0.2, 0) is 0 Å². The Morgan fingerprint density at radius 1 is 1.00 bits per heavy atom. The number of aliphatic hydroxyl groups excluding tert-OH is 4. The number of aliphatic hydroxyl groups is 4. The molecule has 96 valence electrons. The number of hydrogen-bond acceptors (Lipinski definition) is 7. The van der Waals surface area contributed by atoms with E-state index >= 15 is 0 Å². The van der Waals surface area contributed by atoms with Crippen molar-refractivity contribution in [3.63, 3.8) is 0 Å². The first-order chi connectivity index (χ1) is 8.63. The molecule has 3 atom stereocenters. The van der Waals surface area contributed by atoms with E-state index in [1.165, 1.54) is 0 Å². The van der Waals surface area contributed by atoms with Crippen molar-refractivity contribution in [1.82, 2.24) is 15.2 Å². The van der Waals surface area contributed by atoms with Gasteiger partial charge in [0.05, 0.1) is 12.1 Å². The van der Waals surface area contributed by atoms with E-state index in [1.807, 2.05) is 0 Å². The fraction of sp³-hybridized carbons (Fsp3) is 0.364. The lowest BCUT2D eigenvalue weighted by atomic mass is 10.1. The Hall–Kier alpha value is -1.67. The normalized spacial score (nSPS) is 16.4. The van der Waals surface area contributed by atoms with Crippen LogP contribution in [0.5, 0.6) is 0 Å². The van der Waals surface area contributed by atoms with Gasteiger partial charge in [0.15, 0.2) is 5.82 Å². The first-order valence-corrected chi connectivity index (χ1v) is 5.38. The van der Waals surface area contributed by atoms with Crippen molar-refractivity contribution in [1.29, 1.82) is 0 Å². The molecule has 0 aliphatic rings. The maximum Gasteiger partial charge on any atom is 0.183 e. The number of nitrogens with zero attached hydrogens (tertiary/aromatic N) is 3. The van der Waals surface area contributed by atoms with E-state index in [0.717, 1.165) is 0 Å². The van der Waals surface area contributed by atoms with Crippen LogP contribution in [0.25, 0.3) is 11.0 Å². The molecule has 2 rings (SSSR count). The molecule has 0 fully saturated rings. The van der Waals surface area contributed by atoms with Gasteiger partial charge in [-0.05, 0) is 12.1 Å². The molecule has 0 saturated heterocycles.